The van der Waals surface area contributed by atoms with Crippen LogP contribution in [0, 0.1) is 79.9 Å². The van der Waals surface area contributed by atoms with Crippen LogP contribution in [0.25, 0.3) is 11.1 Å². The Balaban J connectivity index is 0.00000840. The van der Waals surface area contributed by atoms with Gasteiger partial charge in [-0.05, 0) is 12.1 Å². The van der Waals surface area contributed by atoms with E-state index in [4.69, 9.17) is 0 Å². The van der Waals surface area contributed by atoms with Gasteiger partial charge in [-0.15, -0.1) is 0 Å². The summed E-state index contributed by atoms with van der Waals surface area (Å²) in [6.45, 7) is -0.530. The van der Waals surface area contributed by atoms with Crippen LogP contribution in [0.3, 0.4) is 0 Å². The summed E-state index contributed by atoms with van der Waals surface area (Å²) in [4.78, 5) is 110. The molecule has 26 heteroatoms. The maximum atomic E-state index is 13.8. The van der Waals surface area contributed by atoms with Crippen molar-refractivity contribution in [2.24, 2.45) is 0 Å². The molecule has 2 aromatic rings. The number of benzene rings is 2. The van der Waals surface area contributed by atoms with Gasteiger partial charge in [-0.25, -0.2) is 0 Å². The molecule has 0 spiro atoms. The van der Waals surface area contributed by atoms with E-state index in [1.807, 2.05) is 0 Å². The van der Waals surface area contributed by atoms with Gasteiger partial charge in [0, 0.05) is 166 Å². The Hall–Kier alpha value is -3.47. The van der Waals surface area contributed by atoms with Gasteiger partial charge in [0.15, 0.2) is 0 Å². The second kappa shape index (κ2) is 33.3. The van der Waals surface area contributed by atoms with E-state index in [9.17, 15) is 69.0 Å². The van der Waals surface area contributed by atoms with Crippen molar-refractivity contribution >= 4 is 59.0 Å². The summed E-state index contributed by atoms with van der Waals surface area (Å²) in [5.41, 5.74) is 1.87. The van der Waals surface area contributed by atoms with E-state index < -0.39 is 86.9 Å². The standard InChI is InChI=1S/C44H64N10O14.2Gd/c55-37(25-47-9-13-49(27-39(57)58)17-21-53(31-43(65)66)22-18-50(14-10-47)28-40(59)60)45-35-7-3-1-5-33(35)34-6-2-4-8-36(34)46-38(56)26-48-11-15-51(29-41(61)62)19-23-54(32-44(67)68)24-20-52(16-12-48)30-42(63)64;;/h1-8H,9-32H2,(H,45,55)(H,46,56)(H,57,58)(H,59,60)(H,61,62)(H,63,64)(H,65,66)(H,67,68);;/q;2*+3/p-6. The van der Waals surface area contributed by atoms with Crippen LogP contribution in [-0.2, 0) is 38.4 Å². The molecule has 0 unspecified atom stereocenters. The molecule has 0 aromatic heterocycles. The van der Waals surface area contributed by atoms with Gasteiger partial charge in [-0.3, -0.25) is 48.8 Å². The summed E-state index contributed by atoms with van der Waals surface area (Å²) < 4.78 is 0. The zero-order valence-electron chi connectivity index (χ0n) is 38.6. The number of carbonyl (C=O) groups excluding carboxylic acids is 8. The van der Waals surface area contributed by atoms with Crippen LogP contribution in [0.5, 0.6) is 0 Å². The molecule has 0 saturated carbocycles. The topological polar surface area (TPSA) is 325 Å². The summed E-state index contributed by atoms with van der Waals surface area (Å²) in [7, 11) is 0. The van der Waals surface area contributed by atoms with Gasteiger partial charge >= 0.3 is 79.9 Å². The Kier molecular flexibility index (Phi) is 29.8. The number of amides is 2. The molecule has 2 saturated heterocycles. The second-order valence-corrected chi connectivity index (χ2v) is 16.6. The van der Waals surface area contributed by atoms with Crippen LogP contribution in [0.1, 0.15) is 0 Å². The number of nitrogens with zero attached hydrogens (tertiary/aromatic N) is 8. The number of para-hydroxylation sites is 2. The molecular weight excluding hydrogens is 1210 g/mol. The molecular formula is C44H58Gd2N10O14. The van der Waals surface area contributed by atoms with Crippen molar-refractivity contribution in [1.29, 1.82) is 0 Å². The number of aliphatic carboxylic acids is 6. The zero-order valence-corrected chi connectivity index (χ0v) is 43.1. The van der Waals surface area contributed by atoms with Crippen molar-refractivity contribution in [3.63, 3.8) is 0 Å². The van der Waals surface area contributed by atoms with E-state index >= 15 is 0 Å². The van der Waals surface area contributed by atoms with Crippen molar-refractivity contribution < 1.29 is 149 Å². The molecule has 4 rings (SSSR count). The van der Waals surface area contributed by atoms with Crippen LogP contribution >= 0.6 is 0 Å². The SMILES string of the molecule is O=C([O-])CN1CCN(CC(=O)[O-])CCN(CC(=O)Nc2ccccc2-c2ccccc2NC(=O)CN2CCN(CC(=O)[O-])CCN(CC(=O)[O-])CCN(CC(=O)[O-])CC2)CCN(CC(=O)[O-])CC1.[Gd+3].[Gd+3]. The third-order valence-electron chi connectivity index (χ3n) is 11.4. The van der Waals surface area contributed by atoms with Crippen molar-refractivity contribution in [1.82, 2.24) is 39.2 Å². The first kappa shape index (κ1) is 62.6. The van der Waals surface area contributed by atoms with Crippen LogP contribution in [-0.4, -0.2) is 244 Å². The van der Waals surface area contributed by atoms with E-state index in [0.29, 0.717) is 22.5 Å². The van der Waals surface area contributed by atoms with Gasteiger partial charge in [0.1, 0.15) is 0 Å². The average Bonchev–Trinajstić information content (AvgIpc) is 3.24. The number of hydrogen-bond acceptors (Lipinski definition) is 22. The molecule has 2 aliphatic rings. The molecule has 0 atom stereocenters. The van der Waals surface area contributed by atoms with Crippen molar-refractivity contribution in [2.75, 3.05) is 168 Å². The quantitative estimate of drug-likeness (QED) is 0.132. The maximum absolute atomic E-state index is 13.8. The van der Waals surface area contributed by atoms with Crippen LogP contribution in [0.2, 0.25) is 0 Å². The first-order valence-electron chi connectivity index (χ1n) is 22.2. The second-order valence-electron chi connectivity index (χ2n) is 16.6. The zero-order chi connectivity index (χ0) is 49.6. The number of carboxylic acids is 6. The number of nitrogens with one attached hydrogen (secondary N) is 2. The Morgan fingerprint density at radius 2 is 0.486 bits per heavy atom. The van der Waals surface area contributed by atoms with Crippen molar-refractivity contribution in [3.05, 3.63) is 48.5 Å². The third-order valence-corrected chi connectivity index (χ3v) is 11.4. The largest absolute Gasteiger partial charge is 3.00 e. The summed E-state index contributed by atoms with van der Waals surface area (Å²) in [5, 5.41) is 75.1. The van der Waals surface area contributed by atoms with Crippen molar-refractivity contribution in [2.45, 2.75) is 0 Å². The fraction of sp³-hybridized carbons (Fsp3) is 0.545. The van der Waals surface area contributed by atoms with E-state index in [2.05, 4.69) is 10.6 Å². The number of carboxylic acid groups (broad SMARTS) is 6. The molecule has 24 nitrogen and oxygen atoms in total. The van der Waals surface area contributed by atoms with Gasteiger partial charge in [0.2, 0.25) is 11.8 Å². The number of hydrogen-bond donors (Lipinski definition) is 2. The fourth-order valence-corrected chi connectivity index (χ4v) is 7.96. The van der Waals surface area contributed by atoms with E-state index in [1.54, 1.807) is 77.9 Å². The summed E-state index contributed by atoms with van der Waals surface area (Å²) in [5.74, 6) is -8.95. The minimum atomic E-state index is -1.34. The normalized spacial score (nSPS) is 17.7. The first-order chi connectivity index (χ1) is 32.4. The molecule has 0 aliphatic carbocycles. The molecule has 0 bridgehead atoms. The van der Waals surface area contributed by atoms with Crippen molar-refractivity contribution in [3.8, 4) is 11.1 Å². The molecule has 2 N–H and O–H groups in total. The number of anilines is 2. The minimum Gasteiger partial charge on any atom is -0.549 e. The van der Waals surface area contributed by atoms with Gasteiger partial charge in [-0.1, -0.05) is 36.4 Å². The maximum Gasteiger partial charge on any atom is 3.00 e. The van der Waals surface area contributed by atoms with Crippen LogP contribution in [0.15, 0.2) is 48.5 Å². The molecule has 2 fully saturated rings. The number of rotatable bonds is 19. The first-order valence-corrected chi connectivity index (χ1v) is 22.2. The smallest absolute Gasteiger partial charge is 0.549 e. The van der Waals surface area contributed by atoms with Gasteiger partial charge in [0.25, 0.3) is 0 Å². The van der Waals surface area contributed by atoms with E-state index in [0.717, 1.165) is 0 Å². The molecule has 2 heterocycles. The Morgan fingerprint density at radius 1 is 0.314 bits per heavy atom. The molecule has 2 aliphatic heterocycles. The Morgan fingerprint density at radius 3 is 0.671 bits per heavy atom. The molecule has 2 aromatic carbocycles. The van der Waals surface area contributed by atoms with E-state index in [1.165, 1.54) is 9.80 Å². The number of carbonyl (C=O) groups is 8. The van der Waals surface area contributed by atoms with Crippen LogP contribution < -0.4 is 41.3 Å². The molecule has 2 amide bonds. The Labute approximate surface area is 470 Å². The monoisotopic (exact) mass is 1270 g/mol. The van der Waals surface area contributed by atoms with Crippen LogP contribution in [0.4, 0.5) is 11.4 Å². The van der Waals surface area contributed by atoms with Gasteiger partial charge in [0.05, 0.1) is 48.9 Å². The van der Waals surface area contributed by atoms with Gasteiger partial charge in [-0.2, -0.15) is 0 Å². The molecule has 2 radical (unpaired) electrons. The van der Waals surface area contributed by atoms with Gasteiger partial charge < -0.3 is 70.0 Å². The predicted octanol–water partition coefficient (Wildman–Crippen LogP) is -9.83. The summed E-state index contributed by atoms with van der Waals surface area (Å²) in [6.07, 6.45) is 0. The van der Waals surface area contributed by atoms with E-state index in [-0.39, 0.29) is 198 Å². The summed E-state index contributed by atoms with van der Waals surface area (Å²) in [6, 6.07) is 13.8. The third kappa shape index (κ3) is 24.8. The minimum absolute atomic E-state index is 0. The fourth-order valence-electron chi connectivity index (χ4n) is 7.96. The molecule has 70 heavy (non-hydrogen) atoms. The Bertz CT molecular complexity index is 1850. The predicted molar refractivity (Wildman–Crippen MR) is 231 cm³/mol. The molecule has 384 valence electrons. The summed E-state index contributed by atoms with van der Waals surface area (Å²) >= 11 is 0. The average molecular weight is 1270 g/mol.